The van der Waals surface area contributed by atoms with Crippen molar-refractivity contribution in [3.05, 3.63) is 35.4 Å². The average Bonchev–Trinajstić information content (AvgIpc) is 2.34. The van der Waals surface area contributed by atoms with Gasteiger partial charge in [-0.15, -0.1) is 0 Å². The van der Waals surface area contributed by atoms with Gasteiger partial charge >= 0.3 is 0 Å². The van der Waals surface area contributed by atoms with Crippen LogP contribution in [0.15, 0.2) is 29.4 Å². The Bertz CT molecular complexity index is 404. The number of amidine groups is 1. The van der Waals surface area contributed by atoms with Crippen LogP contribution in [-0.2, 0) is 6.54 Å². The van der Waals surface area contributed by atoms with Crippen LogP contribution < -0.4 is 11.1 Å². The number of hydrogen-bond donors (Lipinski definition) is 3. The summed E-state index contributed by atoms with van der Waals surface area (Å²) in [5.74, 6) is 0.137. The van der Waals surface area contributed by atoms with Gasteiger partial charge in [0.15, 0.2) is 5.84 Å². The Morgan fingerprint density at radius 1 is 1.33 bits per heavy atom. The quantitative estimate of drug-likeness (QED) is 0.332. The van der Waals surface area contributed by atoms with E-state index in [1.165, 1.54) is 5.56 Å². The molecule has 4 N–H and O–H groups in total. The Hall–Kier alpha value is -1.55. The summed E-state index contributed by atoms with van der Waals surface area (Å²) in [6.07, 6.45) is 0. The van der Waals surface area contributed by atoms with Gasteiger partial charge in [-0.25, -0.2) is 0 Å². The molecule has 0 fully saturated rings. The molecule has 1 aromatic carbocycles. The molecule has 4 nitrogen and oxygen atoms in total. The van der Waals surface area contributed by atoms with Gasteiger partial charge in [0, 0.05) is 18.2 Å². The van der Waals surface area contributed by atoms with Crippen LogP contribution in [0.3, 0.4) is 0 Å². The molecule has 0 saturated carbocycles. The van der Waals surface area contributed by atoms with Crippen molar-refractivity contribution in [2.24, 2.45) is 16.3 Å². The van der Waals surface area contributed by atoms with Crippen molar-refractivity contribution >= 4 is 5.84 Å². The second-order valence-corrected chi connectivity index (χ2v) is 5.65. The first-order valence-corrected chi connectivity index (χ1v) is 6.15. The second-order valence-electron chi connectivity index (χ2n) is 5.65. The topological polar surface area (TPSA) is 70.6 Å². The van der Waals surface area contributed by atoms with E-state index < -0.39 is 0 Å². The van der Waals surface area contributed by atoms with E-state index in [9.17, 15) is 0 Å². The Labute approximate surface area is 109 Å². The molecule has 0 aliphatic rings. The van der Waals surface area contributed by atoms with Gasteiger partial charge in [-0.1, -0.05) is 50.2 Å². The van der Waals surface area contributed by atoms with Gasteiger partial charge in [0.25, 0.3) is 0 Å². The fourth-order valence-electron chi connectivity index (χ4n) is 1.43. The fourth-order valence-corrected chi connectivity index (χ4v) is 1.43. The third kappa shape index (κ3) is 4.04. The molecule has 0 aliphatic heterocycles. The monoisotopic (exact) mass is 249 g/mol. The smallest absolute Gasteiger partial charge is 0.170 e. The van der Waals surface area contributed by atoms with E-state index in [4.69, 9.17) is 10.9 Å². The number of rotatable bonds is 4. The lowest BCUT2D eigenvalue weighted by Crippen LogP contribution is -2.37. The predicted molar refractivity (Wildman–Crippen MR) is 74.7 cm³/mol. The molecule has 100 valence electrons. The third-order valence-electron chi connectivity index (χ3n) is 3.27. The van der Waals surface area contributed by atoms with Crippen LogP contribution in [0.5, 0.6) is 0 Å². The molecule has 0 heterocycles. The normalized spacial score (nSPS) is 14.6. The molecule has 0 bridgehead atoms. The summed E-state index contributed by atoms with van der Waals surface area (Å²) in [4.78, 5) is 0. The molecule has 0 saturated heterocycles. The van der Waals surface area contributed by atoms with Crippen LogP contribution >= 0.6 is 0 Å². The van der Waals surface area contributed by atoms with E-state index in [0.29, 0.717) is 6.04 Å². The zero-order valence-electron chi connectivity index (χ0n) is 11.6. The average molecular weight is 249 g/mol. The van der Waals surface area contributed by atoms with Crippen molar-refractivity contribution in [3.63, 3.8) is 0 Å². The molecular weight excluding hydrogens is 226 g/mol. The largest absolute Gasteiger partial charge is 0.409 e. The zero-order chi connectivity index (χ0) is 13.8. The molecular formula is C14H23N3O. The lowest BCUT2D eigenvalue weighted by atomic mass is 9.88. The maximum atomic E-state index is 8.57. The SMILES string of the molecule is CC(NCc1ccc(/C(N)=N/O)cc1)C(C)(C)C. The predicted octanol–water partition coefficient (Wildman–Crippen LogP) is 2.31. The third-order valence-corrected chi connectivity index (χ3v) is 3.27. The lowest BCUT2D eigenvalue weighted by Gasteiger charge is -2.28. The molecule has 1 aromatic rings. The maximum absolute atomic E-state index is 8.57. The van der Waals surface area contributed by atoms with Gasteiger partial charge in [0.05, 0.1) is 0 Å². The van der Waals surface area contributed by atoms with Gasteiger partial charge in [0.2, 0.25) is 0 Å². The molecule has 4 heteroatoms. The summed E-state index contributed by atoms with van der Waals surface area (Å²) in [5.41, 5.74) is 7.66. The Balaban J connectivity index is 2.60. The minimum atomic E-state index is 0.137. The van der Waals surface area contributed by atoms with Crippen LogP contribution in [0.2, 0.25) is 0 Å². The Morgan fingerprint density at radius 2 is 1.89 bits per heavy atom. The lowest BCUT2D eigenvalue weighted by molar-refractivity contribution is 0.285. The number of oxime groups is 1. The summed E-state index contributed by atoms with van der Waals surface area (Å²) in [7, 11) is 0. The van der Waals surface area contributed by atoms with E-state index in [-0.39, 0.29) is 11.3 Å². The summed E-state index contributed by atoms with van der Waals surface area (Å²) in [6, 6.07) is 8.11. The second kappa shape index (κ2) is 5.87. The maximum Gasteiger partial charge on any atom is 0.170 e. The summed E-state index contributed by atoms with van der Waals surface area (Å²) < 4.78 is 0. The van der Waals surface area contributed by atoms with Gasteiger partial charge in [0.1, 0.15) is 0 Å². The highest BCUT2D eigenvalue weighted by Gasteiger charge is 2.18. The van der Waals surface area contributed by atoms with Gasteiger partial charge in [-0.2, -0.15) is 0 Å². The van der Waals surface area contributed by atoms with Crippen molar-refractivity contribution < 1.29 is 5.21 Å². The number of nitrogens with two attached hydrogens (primary N) is 1. The van der Waals surface area contributed by atoms with Crippen LogP contribution in [-0.4, -0.2) is 17.1 Å². The standard InChI is InChI=1S/C14H23N3O/c1-10(14(2,3)4)16-9-11-5-7-12(8-6-11)13(15)17-18/h5-8,10,16,18H,9H2,1-4H3,(H2,15,17). The number of benzene rings is 1. The molecule has 1 atom stereocenters. The first-order valence-electron chi connectivity index (χ1n) is 6.15. The van der Waals surface area contributed by atoms with E-state index in [2.05, 4.69) is 38.2 Å². The molecule has 0 amide bonds. The number of nitrogens with zero attached hydrogens (tertiary/aromatic N) is 1. The summed E-state index contributed by atoms with van der Waals surface area (Å²) in [5, 5.41) is 15.0. The fraction of sp³-hybridized carbons (Fsp3) is 0.500. The van der Waals surface area contributed by atoms with Crippen molar-refractivity contribution in [1.29, 1.82) is 0 Å². The molecule has 0 aromatic heterocycles. The van der Waals surface area contributed by atoms with E-state index in [1.807, 2.05) is 24.3 Å². The molecule has 18 heavy (non-hydrogen) atoms. The summed E-state index contributed by atoms with van der Waals surface area (Å²) >= 11 is 0. The van der Waals surface area contributed by atoms with Crippen molar-refractivity contribution in [2.45, 2.75) is 40.3 Å². The molecule has 1 rings (SSSR count). The van der Waals surface area contributed by atoms with Crippen molar-refractivity contribution in [2.75, 3.05) is 0 Å². The van der Waals surface area contributed by atoms with E-state index in [1.54, 1.807) is 0 Å². The minimum absolute atomic E-state index is 0.137. The number of hydrogen-bond acceptors (Lipinski definition) is 3. The molecule has 0 spiro atoms. The Kier molecular flexibility index (Phi) is 4.73. The van der Waals surface area contributed by atoms with Crippen molar-refractivity contribution in [1.82, 2.24) is 5.32 Å². The zero-order valence-corrected chi connectivity index (χ0v) is 11.6. The van der Waals surface area contributed by atoms with Gasteiger partial charge < -0.3 is 16.3 Å². The highest BCUT2D eigenvalue weighted by Crippen LogP contribution is 2.18. The minimum Gasteiger partial charge on any atom is -0.409 e. The van der Waals surface area contributed by atoms with Crippen LogP contribution in [0, 0.1) is 5.41 Å². The van der Waals surface area contributed by atoms with Crippen molar-refractivity contribution in [3.8, 4) is 0 Å². The first kappa shape index (κ1) is 14.5. The van der Waals surface area contributed by atoms with E-state index >= 15 is 0 Å². The number of nitrogens with one attached hydrogen (secondary N) is 1. The van der Waals surface area contributed by atoms with Crippen LogP contribution in [0.25, 0.3) is 0 Å². The summed E-state index contributed by atoms with van der Waals surface area (Å²) in [6.45, 7) is 9.64. The highest BCUT2D eigenvalue weighted by atomic mass is 16.4. The van der Waals surface area contributed by atoms with E-state index in [0.717, 1.165) is 12.1 Å². The molecule has 0 aliphatic carbocycles. The highest BCUT2D eigenvalue weighted by molar-refractivity contribution is 5.96. The Morgan fingerprint density at radius 3 is 2.33 bits per heavy atom. The molecule has 1 unspecified atom stereocenters. The van der Waals surface area contributed by atoms with Gasteiger partial charge in [-0.3, -0.25) is 0 Å². The van der Waals surface area contributed by atoms with Gasteiger partial charge in [-0.05, 0) is 17.9 Å². The van der Waals surface area contributed by atoms with Crippen LogP contribution in [0.4, 0.5) is 0 Å². The van der Waals surface area contributed by atoms with Crippen LogP contribution in [0.1, 0.15) is 38.8 Å². The first-order chi connectivity index (χ1) is 8.34. The molecule has 0 radical (unpaired) electrons.